The van der Waals surface area contributed by atoms with Crippen LogP contribution in [0.5, 0.6) is 11.5 Å². The van der Waals surface area contributed by atoms with Crippen LogP contribution >= 0.6 is 0 Å². The van der Waals surface area contributed by atoms with E-state index in [9.17, 15) is 18.3 Å². The van der Waals surface area contributed by atoms with Gasteiger partial charge in [0.05, 0.1) is 22.8 Å². The third kappa shape index (κ3) is 7.27. The molecule has 9 nitrogen and oxygen atoms in total. The molecule has 0 aliphatic carbocycles. The quantitative estimate of drug-likeness (QED) is 0.199. The second-order valence-corrected chi connectivity index (χ2v) is 16.6. The maximum atomic E-state index is 15.7. The van der Waals surface area contributed by atoms with Crippen molar-refractivity contribution in [3.05, 3.63) is 95.2 Å². The number of aromatic amines is 1. The Morgan fingerprint density at radius 3 is 2.65 bits per heavy atom. The van der Waals surface area contributed by atoms with E-state index in [1.54, 1.807) is 29.9 Å². The Balaban J connectivity index is 1.47. The van der Waals surface area contributed by atoms with Crippen molar-refractivity contribution < 1.29 is 27.4 Å². The SMILES string of the molecule is C[C@H](Cc1cccc(C2(C)CCCC(C)(C)CS(=O)(=O)CCc3c(c(F)cc4[nH]ccc34)Oc3cccc(c3)-c3nc2nn3C)c1)C(=O)O. The molecule has 3 heterocycles. The maximum absolute atomic E-state index is 15.7. The van der Waals surface area contributed by atoms with Gasteiger partial charge in [0.1, 0.15) is 5.75 Å². The molecule has 0 fully saturated rings. The Morgan fingerprint density at radius 1 is 1.10 bits per heavy atom. The number of H-pyrrole nitrogens is 1. The molecular formula is C38H43FN4O5S. The molecule has 1 unspecified atom stereocenters. The highest BCUT2D eigenvalue weighted by molar-refractivity contribution is 7.91. The summed E-state index contributed by atoms with van der Waals surface area (Å²) >= 11 is 0. The van der Waals surface area contributed by atoms with Gasteiger partial charge in [-0.2, -0.15) is 5.10 Å². The monoisotopic (exact) mass is 686 g/mol. The standard InChI is InChI=1S/C38H43FN4O5S/c1-24(35(44)45)19-25-9-6-11-27(20-25)38(4)16-8-15-37(2,3)23-49(46,47)18-14-30-29-13-17-40-32(29)22-31(39)33(30)48-28-12-7-10-26(21-28)34-41-36(38)42-43(34)5/h6-7,9-13,17,20-22,24,40H,8,14-16,18-19,23H2,1-5H3,(H,44,45)/t24-,38?/m1/s1. The Hall–Kier alpha value is -4.51. The Bertz CT molecular complexity index is 2140. The number of aromatic nitrogens is 4. The number of carboxylic acid groups (broad SMARTS) is 1. The van der Waals surface area contributed by atoms with Gasteiger partial charge in [-0.3, -0.25) is 4.79 Å². The minimum absolute atomic E-state index is 0.00292. The molecule has 3 aromatic carbocycles. The van der Waals surface area contributed by atoms with Gasteiger partial charge < -0.3 is 14.8 Å². The fourth-order valence-electron chi connectivity index (χ4n) is 7.05. The molecule has 11 heteroatoms. The molecule has 258 valence electrons. The molecule has 4 bridgehead atoms. The van der Waals surface area contributed by atoms with Crippen LogP contribution in [0.1, 0.15) is 69.5 Å². The van der Waals surface area contributed by atoms with E-state index in [0.717, 1.165) is 22.1 Å². The molecule has 0 saturated carbocycles. The molecule has 0 amide bonds. The molecule has 2 N–H and O–H groups in total. The van der Waals surface area contributed by atoms with E-state index in [0.29, 0.717) is 54.2 Å². The summed E-state index contributed by atoms with van der Waals surface area (Å²) < 4.78 is 50.9. The number of rotatable bonds is 4. The number of sulfone groups is 1. The second kappa shape index (κ2) is 13.1. The van der Waals surface area contributed by atoms with Crippen LogP contribution in [0, 0.1) is 17.2 Å². The van der Waals surface area contributed by atoms with Gasteiger partial charge in [-0.25, -0.2) is 22.5 Å². The van der Waals surface area contributed by atoms with E-state index in [4.69, 9.17) is 14.8 Å². The van der Waals surface area contributed by atoms with Gasteiger partial charge in [-0.05, 0) is 67.3 Å². The van der Waals surface area contributed by atoms with Crippen molar-refractivity contribution in [2.24, 2.45) is 18.4 Å². The minimum atomic E-state index is -3.54. The predicted octanol–water partition coefficient (Wildman–Crippen LogP) is 7.63. The van der Waals surface area contributed by atoms with Crippen LogP contribution in [-0.2, 0) is 39.9 Å². The fraction of sp³-hybridized carbons (Fsp3) is 0.395. The van der Waals surface area contributed by atoms with Gasteiger partial charge in [0.25, 0.3) is 0 Å². The van der Waals surface area contributed by atoms with Crippen LogP contribution in [0.15, 0.2) is 66.9 Å². The maximum Gasteiger partial charge on any atom is 0.306 e. The lowest BCUT2D eigenvalue weighted by molar-refractivity contribution is -0.141. The molecule has 0 spiro atoms. The molecule has 1 aliphatic heterocycles. The number of hydrogen-bond donors (Lipinski definition) is 2. The van der Waals surface area contributed by atoms with Crippen molar-refractivity contribution in [1.82, 2.24) is 19.7 Å². The third-order valence-corrected chi connectivity index (χ3v) is 11.8. The third-order valence-electron chi connectivity index (χ3n) is 9.77. The number of hydrogen-bond acceptors (Lipinski definition) is 6. The van der Waals surface area contributed by atoms with Crippen LogP contribution in [-0.4, -0.2) is 50.7 Å². The zero-order valence-electron chi connectivity index (χ0n) is 28.6. The first kappa shape index (κ1) is 34.4. The van der Waals surface area contributed by atoms with Crippen molar-refractivity contribution in [3.8, 4) is 22.9 Å². The highest BCUT2D eigenvalue weighted by Gasteiger charge is 2.36. The number of carbonyl (C=O) groups is 1. The normalized spacial score (nSPS) is 20.0. The number of aryl methyl sites for hydroxylation is 2. The van der Waals surface area contributed by atoms with E-state index >= 15 is 4.39 Å². The average Bonchev–Trinajstić information content (AvgIpc) is 3.66. The predicted molar refractivity (Wildman–Crippen MR) is 188 cm³/mol. The van der Waals surface area contributed by atoms with E-state index in [-0.39, 0.29) is 23.7 Å². The fourth-order valence-corrected chi connectivity index (χ4v) is 9.05. The molecule has 1 aliphatic rings. The molecule has 2 atom stereocenters. The lowest BCUT2D eigenvalue weighted by atomic mass is 9.75. The highest BCUT2D eigenvalue weighted by atomic mass is 32.2. The summed E-state index contributed by atoms with van der Waals surface area (Å²) in [6.07, 6.45) is 4.16. The topological polar surface area (TPSA) is 127 Å². The van der Waals surface area contributed by atoms with E-state index < -0.39 is 38.4 Å². The number of nitrogens with zero attached hydrogens (tertiary/aromatic N) is 3. The molecule has 49 heavy (non-hydrogen) atoms. The van der Waals surface area contributed by atoms with Crippen molar-refractivity contribution in [2.75, 3.05) is 11.5 Å². The highest BCUT2D eigenvalue weighted by Crippen LogP contribution is 2.40. The summed E-state index contributed by atoms with van der Waals surface area (Å²) in [5.41, 5.74) is 2.46. The lowest BCUT2D eigenvalue weighted by Gasteiger charge is -2.31. The van der Waals surface area contributed by atoms with Crippen molar-refractivity contribution in [1.29, 1.82) is 0 Å². The van der Waals surface area contributed by atoms with Crippen LogP contribution in [0.25, 0.3) is 22.3 Å². The van der Waals surface area contributed by atoms with Crippen molar-refractivity contribution in [3.63, 3.8) is 0 Å². The van der Waals surface area contributed by atoms with Crippen LogP contribution in [0.4, 0.5) is 4.39 Å². The first-order chi connectivity index (χ1) is 23.1. The van der Waals surface area contributed by atoms with Gasteiger partial charge >= 0.3 is 5.97 Å². The number of aliphatic carboxylic acids is 1. The summed E-state index contributed by atoms with van der Waals surface area (Å²) in [5.74, 6) is -0.554. The van der Waals surface area contributed by atoms with Crippen LogP contribution < -0.4 is 4.74 Å². The van der Waals surface area contributed by atoms with Crippen molar-refractivity contribution in [2.45, 2.75) is 65.2 Å². The molecule has 0 radical (unpaired) electrons. The summed E-state index contributed by atoms with van der Waals surface area (Å²) in [4.78, 5) is 19.7. The number of carboxylic acids is 1. The van der Waals surface area contributed by atoms with Crippen molar-refractivity contribution >= 4 is 26.7 Å². The number of nitrogens with one attached hydrogen (secondary N) is 1. The molecule has 5 aromatic rings. The first-order valence-electron chi connectivity index (χ1n) is 16.7. The largest absolute Gasteiger partial charge is 0.481 e. The molecular weight excluding hydrogens is 644 g/mol. The van der Waals surface area contributed by atoms with E-state index in [2.05, 4.69) is 11.9 Å². The average molecular weight is 687 g/mol. The summed E-state index contributed by atoms with van der Waals surface area (Å²) in [6.45, 7) is 7.73. The summed E-state index contributed by atoms with van der Waals surface area (Å²) in [6, 6.07) is 18.3. The number of halogens is 1. The smallest absolute Gasteiger partial charge is 0.306 e. The first-order valence-corrected chi connectivity index (χ1v) is 18.5. The summed E-state index contributed by atoms with van der Waals surface area (Å²) in [7, 11) is -1.71. The second-order valence-electron chi connectivity index (χ2n) is 14.5. The zero-order valence-corrected chi connectivity index (χ0v) is 29.4. The molecule has 6 rings (SSSR count). The van der Waals surface area contributed by atoms with Crippen LogP contribution in [0.3, 0.4) is 0 Å². The van der Waals surface area contributed by atoms with E-state index in [1.807, 2.05) is 63.4 Å². The zero-order chi connectivity index (χ0) is 35.1. The van der Waals surface area contributed by atoms with Gasteiger partial charge in [0, 0.05) is 41.3 Å². The Morgan fingerprint density at radius 2 is 1.88 bits per heavy atom. The van der Waals surface area contributed by atoms with Gasteiger partial charge in [0.15, 0.2) is 33.1 Å². The minimum Gasteiger partial charge on any atom is -0.481 e. The van der Waals surface area contributed by atoms with E-state index in [1.165, 1.54) is 6.07 Å². The number of fused-ring (bicyclic) bond motifs is 8. The van der Waals surface area contributed by atoms with Crippen LogP contribution in [0.2, 0.25) is 0 Å². The van der Waals surface area contributed by atoms with Gasteiger partial charge in [-0.1, -0.05) is 63.6 Å². The van der Waals surface area contributed by atoms with Gasteiger partial charge in [-0.15, -0.1) is 0 Å². The molecule has 0 saturated heterocycles. The number of benzene rings is 3. The Labute approximate surface area is 286 Å². The lowest BCUT2D eigenvalue weighted by Crippen LogP contribution is -2.29. The van der Waals surface area contributed by atoms with Gasteiger partial charge in [0.2, 0.25) is 0 Å². The molecule has 2 aromatic heterocycles. The Kier molecular flexibility index (Phi) is 9.17. The number of ether oxygens (including phenoxy) is 1. The summed E-state index contributed by atoms with van der Waals surface area (Å²) in [5, 5.41) is 15.2.